The van der Waals surface area contributed by atoms with E-state index in [0.717, 1.165) is 18.4 Å². The summed E-state index contributed by atoms with van der Waals surface area (Å²) in [4.78, 5) is 30.1. The summed E-state index contributed by atoms with van der Waals surface area (Å²) in [5.74, 6) is 0.740. The first-order chi connectivity index (χ1) is 11.5. The second-order valence-corrected chi connectivity index (χ2v) is 6.24. The quantitative estimate of drug-likeness (QED) is 0.826. The van der Waals surface area contributed by atoms with E-state index in [1.807, 2.05) is 30.3 Å². The third-order valence-corrected chi connectivity index (χ3v) is 4.28. The van der Waals surface area contributed by atoms with Gasteiger partial charge in [0.15, 0.2) is 5.76 Å². The number of urea groups is 1. The van der Waals surface area contributed by atoms with Gasteiger partial charge in [0.2, 0.25) is 5.89 Å². The Bertz CT molecular complexity index is 741. The average Bonchev–Trinajstić information content (AvgIpc) is 3.13. The normalized spacial score (nSPS) is 20.5. The molecule has 0 bridgehead atoms. The summed E-state index contributed by atoms with van der Waals surface area (Å²) in [5.41, 5.74) is 0.0725. The molecule has 2 aromatic rings. The lowest BCUT2D eigenvalue weighted by Gasteiger charge is -2.20. The second-order valence-electron chi connectivity index (χ2n) is 6.24. The summed E-state index contributed by atoms with van der Waals surface area (Å²) in [6.45, 7) is 3.87. The van der Waals surface area contributed by atoms with E-state index >= 15 is 0 Å². The van der Waals surface area contributed by atoms with Gasteiger partial charge in [-0.05, 0) is 13.3 Å². The van der Waals surface area contributed by atoms with Gasteiger partial charge in [0.05, 0.1) is 6.20 Å². The zero-order valence-electron chi connectivity index (χ0n) is 13.9. The number of nitrogens with one attached hydrogen (secondary N) is 1. The van der Waals surface area contributed by atoms with Crippen LogP contribution in [0.4, 0.5) is 4.79 Å². The Kier molecular flexibility index (Phi) is 4.38. The topological polar surface area (TPSA) is 75.4 Å². The van der Waals surface area contributed by atoms with Crippen molar-refractivity contribution >= 4 is 11.9 Å². The molecule has 1 aromatic carbocycles. The summed E-state index contributed by atoms with van der Waals surface area (Å²) in [5, 5.41) is 2.79. The van der Waals surface area contributed by atoms with E-state index in [1.54, 1.807) is 13.1 Å². The molecule has 6 heteroatoms. The second kappa shape index (κ2) is 6.47. The molecule has 1 saturated heterocycles. The molecule has 0 saturated carbocycles. The Morgan fingerprint density at radius 1 is 1.25 bits per heavy atom. The molecule has 1 fully saturated rings. The van der Waals surface area contributed by atoms with Crippen LogP contribution in [0.25, 0.3) is 11.3 Å². The molecule has 3 rings (SSSR count). The zero-order valence-corrected chi connectivity index (χ0v) is 13.9. The number of amides is 3. The van der Waals surface area contributed by atoms with Crippen molar-refractivity contribution in [2.45, 2.75) is 45.2 Å². The van der Waals surface area contributed by atoms with Crippen molar-refractivity contribution in [3.05, 3.63) is 42.4 Å². The fourth-order valence-electron chi connectivity index (χ4n) is 2.84. The Labute approximate surface area is 140 Å². The average molecular weight is 327 g/mol. The molecule has 1 aromatic heterocycles. The number of aromatic nitrogens is 1. The zero-order chi connectivity index (χ0) is 17.2. The van der Waals surface area contributed by atoms with E-state index in [-0.39, 0.29) is 12.5 Å². The van der Waals surface area contributed by atoms with Crippen molar-refractivity contribution in [2.75, 3.05) is 0 Å². The van der Waals surface area contributed by atoms with E-state index in [2.05, 4.69) is 17.2 Å². The maximum absolute atomic E-state index is 12.6. The largest absolute Gasteiger partial charge is 0.439 e. The standard InChI is InChI=1S/C18H21N3O3/c1-3-4-10-18(2)16(22)21(17(23)20-18)12-15-19-11-14(24-15)13-8-6-5-7-9-13/h5-9,11H,3-4,10,12H2,1-2H3,(H,20,23)/t18-/m0/s1. The van der Waals surface area contributed by atoms with Gasteiger partial charge < -0.3 is 9.73 Å². The lowest BCUT2D eigenvalue weighted by Crippen LogP contribution is -2.43. The number of hydrogen-bond donors (Lipinski definition) is 1. The third-order valence-electron chi connectivity index (χ3n) is 4.28. The van der Waals surface area contributed by atoms with E-state index in [0.29, 0.717) is 18.1 Å². The summed E-state index contributed by atoms with van der Waals surface area (Å²) in [7, 11) is 0. The molecular formula is C18H21N3O3. The maximum Gasteiger partial charge on any atom is 0.325 e. The summed E-state index contributed by atoms with van der Waals surface area (Å²) in [6.07, 6.45) is 4.09. The predicted octanol–water partition coefficient (Wildman–Crippen LogP) is 3.34. The van der Waals surface area contributed by atoms with Crippen LogP contribution in [0, 0.1) is 0 Å². The Morgan fingerprint density at radius 3 is 2.71 bits per heavy atom. The molecule has 0 aliphatic carbocycles. The fourth-order valence-corrected chi connectivity index (χ4v) is 2.84. The van der Waals surface area contributed by atoms with Gasteiger partial charge in [-0.1, -0.05) is 50.1 Å². The van der Waals surface area contributed by atoms with Gasteiger partial charge in [0.1, 0.15) is 12.1 Å². The Hall–Kier alpha value is -2.63. The minimum Gasteiger partial charge on any atom is -0.439 e. The van der Waals surface area contributed by atoms with Crippen molar-refractivity contribution in [1.82, 2.24) is 15.2 Å². The Balaban J connectivity index is 1.73. The van der Waals surface area contributed by atoms with E-state index in [1.165, 1.54) is 4.90 Å². The number of imide groups is 1. The minimum atomic E-state index is -0.831. The SMILES string of the molecule is CCCC[C@]1(C)NC(=O)N(Cc2ncc(-c3ccccc3)o2)C1=O. The first kappa shape index (κ1) is 16.2. The van der Waals surface area contributed by atoms with Crippen molar-refractivity contribution in [2.24, 2.45) is 0 Å². The van der Waals surface area contributed by atoms with Crippen molar-refractivity contribution in [3.63, 3.8) is 0 Å². The van der Waals surface area contributed by atoms with Gasteiger partial charge in [0, 0.05) is 5.56 Å². The van der Waals surface area contributed by atoms with Crippen LogP contribution in [-0.4, -0.2) is 27.4 Å². The van der Waals surface area contributed by atoms with E-state index < -0.39 is 11.6 Å². The van der Waals surface area contributed by atoms with Crippen LogP contribution in [0.5, 0.6) is 0 Å². The molecule has 1 aliphatic rings. The molecule has 1 N–H and O–H groups in total. The number of oxazole rings is 1. The smallest absolute Gasteiger partial charge is 0.325 e. The van der Waals surface area contributed by atoms with Gasteiger partial charge in [-0.2, -0.15) is 0 Å². The molecule has 0 unspecified atom stereocenters. The van der Waals surface area contributed by atoms with Crippen molar-refractivity contribution in [1.29, 1.82) is 0 Å². The van der Waals surface area contributed by atoms with Crippen molar-refractivity contribution in [3.8, 4) is 11.3 Å². The molecule has 6 nitrogen and oxygen atoms in total. The minimum absolute atomic E-state index is 0.0409. The monoisotopic (exact) mass is 327 g/mol. The summed E-state index contributed by atoms with van der Waals surface area (Å²) >= 11 is 0. The molecule has 126 valence electrons. The van der Waals surface area contributed by atoms with Crippen LogP contribution in [-0.2, 0) is 11.3 Å². The molecule has 24 heavy (non-hydrogen) atoms. The first-order valence-corrected chi connectivity index (χ1v) is 8.18. The predicted molar refractivity (Wildman–Crippen MR) is 89.0 cm³/mol. The highest BCUT2D eigenvalue weighted by Crippen LogP contribution is 2.26. The van der Waals surface area contributed by atoms with Crippen LogP contribution >= 0.6 is 0 Å². The molecular weight excluding hydrogens is 306 g/mol. The number of rotatable bonds is 6. The number of carbonyl (C=O) groups excluding carboxylic acids is 2. The number of hydrogen-bond acceptors (Lipinski definition) is 4. The molecule has 1 aliphatic heterocycles. The van der Waals surface area contributed by atoms with Gasteiger partial charge in [-0.15, -0.1) is 0 Å². The number of carbonyl (C=O) groups is 2. The van der Waals surface area contributed by atoms with Gasteiger partial charge in [0.25, 0.3) is 5.91 Å². The summed E-state index contributed by atoms with van der Waals surface area (Å²) < 4.78 is 5.69. The Morgan fingerprint density at radius 2 is 2.00 bits per heavy atom. The van der Waals surface area contributed by atoms with Gasteiger partial charge in [-0.25, -0.2) is 9.78 Å². The highest BCUT2D eigenvalue weighted by atomic mass is 16.4. The highest BCUT2D eigenvalue weighted by molar-refractivity contribution is 6.06. The number of nitrogens with zero attached hydrogens (tertiary/aromatic N) is 2. The number of unbranched alkanes of at least 4 members (excludes halogenated alkanes) is 1. The lowest BCUT2D eigenvalue weighted by molar-refractivity contribution is -0.131. The van der Waals surface area contributed by atoms with Gasteiger partial charge >= 0.3 is 6.03 Å². The molecule has 0 radical (unpaired) electrons. The van der Waals surface area contributed by atoms with Crippen molar-refractivity contribution < 1.29 is 14.0 Å². The molecule has 2 heterocycles. The molecule has 1 atom stereocenters. The van der Waals surface area contributed by atoms with Crippen LogP contribution < -0.4 is 5.32 Å². The number of benzene rings is 1. The lowest BCUT2D eigenvalue weighted by atomic mass is 9.95. The van der Waals surface area contributed by atoms with Crippen LogP contribution in [0.3, 0.4) is 0 Å². The van der Waals surface area contributed by atoms with Crippen LogP contribution in [0.1, 0.15) is 39.0 Å². The summed E-state index contributed by atoms with van der Waals surface area (Å²) in [6, 6.07) is 9.19. The van der Waals surface area contributed by atoms with E-state index in [4.69, 9.17) is 4.42 Å². The van der Waals surface area contributed by atoms with Crippen LogP contribution in [0.15, 0.2) is 40.9 Å². The maximum atomic E-state index is 12.6. The first-order valence-electron chi connectivity index (χ1n) is 8.18. The van der Waals surface area contributed by atoms with Gasteiger partial charge in [-0.3, -0.25) is 9.69 Å². The fraction of sp³-hybridized carbons (Fsp3) is 0.389. The molecule has 3 amide bonds. The van der Waals surface area contributed by atoms with Crippen LogP contribution in [0.2, 0.25) is 0 Å². The highest BCUT2D eigenvalue weighted by Gasteiger charge is 2.47. The molecule has 0 spiro atoms. The van der Waals surface area contributed by atoms with E-state index in [9.17, 15) is 9.59 Å². The third kappa shape index (κ3) is 3.04.